The van der Waals surface area contributed by atoms with Crippen molar-refractivity contribution in [1.82, 2.24) is 0 Å². The molecule has 1 aliphatic rings. The maximum atomic E-state index is 5.85. The molecule has 0 spiro atoms. The minimum absolute atomic E-state index is 0.154. The van der Waals surface area contributed by atoms with Gasteiger partial charge in [0.05, 0.1) is 0 Å². The quantitative estimate of drug-likeness (QED) is 0.590. The molecule has 0 amide bonds. The molecule has 0 aromatic heterocycles. The number of hydrogen-bond donors (Lipinski definition) is 0. The fraction of sp³-hybridized carbons (Fsp3) is 0.500. The van der Waals surface area contributed by atoms with Gasteiger partial charge in [-0.05, 0) is 19.4 Å². The second-order valence-electron chi connectivity index (χ2n) is 4.43. The average Bonchev–Trinajstić information content (AvgIpc) is 2.28. The van der Waals surface area contributed by atoms with E-state index in [0.717, 1.165) is 5.75 Å². The van der Waals surface area contributed by atoms with Crippen LogP contribution < -0.4 is 4.74 Å². The van der Waals surface area contributed by atoms with Gasteiger partial charge in [0.1, 0.15) is 11.9 Å². The van der Waals surface area contributed by atoms with Gasteiger partial charge in [-0.2, -0.15) is 0 Å². The maximum absolute atomic E-state index is 5.85. The molecule has 0 fully saturated rings. The number of aryl methyl sites for hydroxylation is 1. The Kier molecular flexibility index (Phi) is 1.66. The molecule has 0 N–H and O–H groups in total. The van der Waals surface area contributed by atoms with Crippen molar-refractivity contribution < 1.29 is 4.74 Å². The van der Waals surface area contributed by atoms with Crippen LogP contribution >= 0.6 is 0 Å². The fourth-order valence-electron chi connectivity index (χ4n) is 1.86. The van der Waals surface area contributed by atoms with E-state index in [1.807, 2.05) is 0 Å². The lowest BCUT2D eigenvalue weighted by molar-refractivity contribution is 0.185. The van der Waals surface area contributed by atoms with Crippen LogP contribution in [-0.4, -0.2) is 6.10 Å². The molecule has 1 heterocycles. The molecule has 0 aliphatic carbocycles. The Morgan fingerprint density at radius 2 is 2.00 bits per heavy atom. The summed E-state index contributed by atoms with van der Waals surface area (Å²) in [6.07, 6.45) is 0.281. The van der Waals surface area contributed by atoms with Crippen LogP contribution in [0.2, 0.25) is 0 Å². The van der Waals surface area contributed by atoms with Crippen molar-refractivity contribution >= 4 is 0 Å². The molecule has 1 atom stereocenters. The van der Waals surface area contributed by atoms with Gasteiger partial charge in [0, 0.05) is 11.0 Å². The van der Waals surface area contributed by atoms with E-state index < -0.39 is 0 Å². The Balaban J connectivity index is 2.61. The number of benzene rings is 1. The molecule has 0 bridgehead atoms. The van der Waals surface area contributed by atoms with Crippen molar-refractivity contribution in [2.75, 3.05) is 0 Å². The Morgan fingerprint density at radius 1 is 1.31 bits per heavy atom. The molecule has 1 unspecified atom stereocenters. The van der Waals surface area contributed by atoms with E-state index in [0.29, 0.717) is 0 Å². The smallest absolute Gasteiger partial charge is 0.126 e. The van der Waals surface area contributed by atoms with Crippen LogP contribution in [0.3, 0.4) is 0 Å². The van der Waals surface area contributed by atoms with Crippen molar-refractivity contribution in [1.29, 1.82) is 0 Å². The van der Waals surface area contributed by atoms with E-state index in [-0.39, 0.29) is 11.5 Å². The molecule has 1 heteroatoms. The second-order valence-corrected chi connectivity index (χ2v) is 4.43. The summed E-state index contributed by atoms with van der Waals surface area (Å²) in [6.45, 7) is 8.72. The van der Waals surface area contributed by atoms with Gasteiger partial charge in [-0.3, -0.25) is 0 Å². The van der Waals surface area contributed by atoms with E-state index in [4.69, 9.17) is 4.74 Å². The summed E-state index contributed by atoms with van der Waals surface area (Å²) < 4.78 is 5.85. The molecule has 0 saturated heterocycles. The highest BCUT2D eigenvalue weighted by molar-refractivity contribution is 5.48. The van der Waals surface area contributed by atoms with Crippen LogP contribution in [0.15, 0.2) is 18.2 Å². The Labute approximate surface area is 79.7 Å². The minimum atomic E-state index is 0.154. The molecule has 1 aliphatic heterocycles. The third-order valence-electron chi connectivity index (χ3n) is 3.22. The topological polar surface area (TPSA) is 9.23 Å². The minimum Gasteiger partial charge on any atom is -0.489 e. The molecule has 0 saturated carbocycles. The summed E-state index contributed by atoms with van der Waals surface area (Å²) in [5.74, 6) is 1.10. The zero-order chi connectivity index (χ0) is 9.64. The monoisotopic (exact) mass is 176 g/mol. The normalized spacial score (nSPS) is 23.8. The van der Waals surface area contributed by atoms with Gasteiger partial charge in [0.25, 0.3) is 0 Å². The Bertz CT molecular complexity index is 339. The number of fused-ring (bicyclic) bond motifs is 1. The molecule has 70 valence electrons. The van der Waals surface area contributed by atoms with Crippen molar-refractivity contribution in [3.8, 4) is 5.75 Å². The molecule has 0 radical (unpaired) electrons. The number of ether oxygens (including phenoxy) is 1. The van der Waals surface area contributed by atoms with E-state index in [2.05, 4.69) is 45.9 Å². The SMILES string of the molecule is Cc1cccc2c1OC(C)C2(C)C. The summed E-state index contributed by atoms with van der Waals surface area (Å²) in [5, 5.41) is 0. The summed E-state index contributed by atoms with van der Waals surface area (Å²) in [7, 11) is 0. The van der Waals surface area contributed by atoms with Gasteiger partial charge in [0.2, 0.25) is 0 Å². The second kappa shape index (κ2) is 2.50. The highest BCUT2D eigenvalue weighted by Crippen LogP contribution is 2.43. The Morgan fingerprint density at radius 3 is 2.62 bits per heavy atom. The summed E-state index contributed by atoms with van der Waals surface area (Å²) in [6, 6.07) is 6.39. The van der Waals surface area contributed by atoms with Crippen LogP contribution in [0.5, 0.6) is 5.75 Å². The summed E-state index contributed by atoms with van der Waals surface area (Å²) in [4.78, 5) is 0. The van der Waals surface area contributed by atoms with Gasteiger partial charge >= 0.3 is 0 Å². The molecule has 2 rings (SSSR count). The van der Waals surface area contributed by atoms with Gasteiger partial charge in [-0.25, -0.2) is 0 Å². The van der Waals surface area contributed by atoms with Crippen LogP contribution in [0.25, 0.3) is 0 Å². The van der Waals surface area contributed by atoms with Crippen molar-refractivity contribution in [2.24, 2.45) is 0 Å². The van der Waals surface area contributed by atoms with Gasteiger partial charge in [-0.15, -0.1) is 0 Å². The lowest BCUT2D eigenvalue weighted by Gasteiger charge is -2.21. The van der Waals surface area contributed by atoms with Crippen LogP contribution in [0.1, 0.15) is 31.9 Å². The molecular formula is C12H16O. The van der Waals surface area contributed by atoms with Gasteiger partial charge in [-0.1, -0.05) is 32.0 Å². The van der Waals surface area contributed by atoms with Crippen molar-refractivity contribution in [3.05, 3.63) is 29.3 Å². The highest BCUT2D eigenvalue weighted by Gasteiger charge is 2.38. The van der Waals surface area contributed by atoms with E-state index >= 15 is 0 Å². The van der Waals surface area contributed by atoms with Crippen molar-refractivity contribution in [2.45, 2.75) is 39.2 Å². The number of para-hydroxylation sites is 1. The lowest BCUT2D eigenvalue weighted by Crippen LogP contribution is -2.28. The molecule has 1 aromatic rings. The van der Waals surface area contributed by atoms with E-state index in [1.165, 1.54) is 11.1 Å². The maximum Gasteiger partial charge on any atom is 0.126 e. The van der Waals surface area contributed by atoms with Crippen LogP contribution in [0.4, 0.5) is 0 Å². The summed E-state index contributed by atoms with van der Waals surface area (Å²) in [5.41, 5.74) is 2.75. The van der Waals surface area contributed by atoms with Crippen molar-refractivity contribution in [3.63, 3.8) is 0 Å². The van der Waals surface area contributed by atoms with Crippen LogP contribution in [-0.2, 0) is 5.41 Å². The predicted molar refractivity (Wildman–Crippen MR) is 54.3 cm³/mol. The molecule has 1 nitrogen and oxygen atoms in total. The lowest BCUT2D eigenvalue weighted by atomic mass is 9.81. The number of hydrogen-bond acceptors (Lipinski definition) is 1. The first-order valence-corrected chi connectivity index (χ1v) is 4.80. The van der Waals surface area contributed by atoms with E-state index in [9.17, 15) is 0 Å². The fourth-order valence-corrected chi connectivity index (χ4v) is 1.86. The molecule has 13 heavy (non-hydrogen) atoms. The summed E-state index contributed by atoms with van der Waals surface area (Å²) >= 11 is 0. The average molecular weight is 176 g/mol. The zero-order valence-corrected chi connectivity index (χ0v) is 8.72. The highest BCUT2D eigenvalue weighted by atomic mass is 16.5. The molecular weight excluding hydrogens is 160 g/mol. The Hall–Kier alpha value is -0.980. The predicted octanol–water partition coefficient (Wildman–Crippen LogP) is 3.05. The number of rotatable bonds is 0. The third kappa shape index (κ3) is 1.06. The zero-order valence-electron chi connectivity index (χ0n) is 8.72. The van der Waals surface area contributed by atoms with Gasteiger partial charge in [0.15, 0.2) is 0 Å². The van der Waals surface area contributed by atoms with Gasteiger partial charge < -0.3 is 4.74 Å². The molecule has 1 aromatic carbocycles. The van der Waals surface area contributed by atoms with E-state index in [1.54, 1.807) is 0 Å². The largest absolute Gasteiger partial charge is 0.489 e. The first kappa shape index (κ1) is 8.61. The third-order valence-corrected chi connectivity index (χ3v) is 3.22. The van der Waals surface area contributed by atoms with Crippen LogP contribution in [0, 0.1) is 6.92 Å². The first-order valence-electron chi connectivity index (χ1n) is 4.80. The standard InChI is InChI=1S/C12H16O/c1-8-6-5-7-10-11(8)13-9(2)12(10,3)4/h5-7,9H,1-4H3. The first-order chi connectivity index (χ1) is 6.03.